The molecule has 0 radical (unpaired) electrons. The van der Waals surface area contributed by atoms with E-state index in [-0.39, 0.29) is 5.63 Å². The van der Waals surface area contributed by atoms with Crippen LogP contribution >= 0.6 is 0 Å². The summed E-state index contributed by atoms with van der Waals surface area (Å²) < 4.78 is 7.81. The fourth-order valence-electron chi connectivity index (χ4n) is 5.54. The summed E-state index contributed by atoms with van der Waals surface area (Å²) in [7, 11) is 0. The fourth-order valence-corrected chi connectivity index (χ4v) is 5.54. The highest BCUT2D eigenvalue weighted by Crippen LogP contribution is 2.37. The molecule has 40 heavy (non-hydrogen) atoms. The number of hydrogen-bond acceptors (Lipinski definition) is 5. The van der Waals surface area contributed by atoms with Gasteiger partial charge in [-0.1, -0.05) is 103 Å². The van der Waals surface area contributed by atoms with Crippen molar-refractivity contribution in [3.63, 3.8) is 0 Å². The third-order valence-corrected chi connectivity index (χ3v) is 7.31. The van der Waals surface area contributed by atoms with Gasteiger partial charge in [0.25, 0.3) is 0 Å². The second-order valence-electron chi connectivity index (χ2n) is 9.64. The van der Waals surface area contributed by atoms with E-state index in [0.717, 1.165) is 43.7 Å². The van der Waals surface area contributed by atoms with Crippen molar-refractivity contribution in [3.8, 4) is 28.7 Å². The van der Waals surface area contributed by atoms with Crippen LogP contribution in [0.1, 0.15) is 0 Å². The number of rotatable bonds is 3. The Morgan fingerprint density at radius 3 is 1.80 bits per heavy atom. The first-order chi connectivity index (χ1) is 19.8. The van der Waals surface area contributed by atoms with Crippen molar-refractivity contribution in [1.82, 2.24) is 19.5 Å². The van der Waals surface area contributed by atoms with Crippen LogP contribution in [0.25, 0.3) is 72.3 Å². The molecule has 6 heteroatoms. The molecule has 3 aromatic heterocycles. The minimum absolute atomic E-state index is 0.368. The molecule has 0 saturated carbocycles. The van der Waals surface area contributed by atoms with Crippen LogP contribution in [0.4, 0.5) is 0 Å². The van der Waals surface area contributed by atoms with E-state index in [4.69, 9.17) is 19.4 Å². The molecule has 0 aliphatic carbocycles. The van der Waals surface area contributed by atoms with Gasteiger partial charge in [-0.2, -0.15) is 9.97 Å². The zero-order valence-corrected chi connectivity index (χ0v) is 21.2. The van der Waals surface area contributed by atoms with Crippen LogP contribution < -0.4 is 5.63 Å². The number of para-hydroxylation sites is 2. The fraction of sp³-hybridized carbons (Fsp3) is 0. The normalized spacial score (nSPS) is 11.6. The van der Waals surface area contributed by atoms with Crippen LogP contribution in [0.15, 0.2) is 131 Å². The van der Waals surface area contributed by atoms with Crippen molar-refractivity contribution < 1.29 is 4.42 Å². The van der Waals surface area contributed by atoms with Gasteiger partial charge < -0.3 is 4.42 Å². The molecule has 8 aromatic rings. The van der Waals surface area contributed by atoms with Crippen LogP contribution in [0.2, 0.25) is 0 Å². The van der Waals surface area contributed by atoms with Gasteiger partial charge in [-0.05, 0) is 18.2 Å². The van der Waals surface area contributed by atoms with E-state index in [9.17, 15) is 4.79 Å². The Morgan fingerprint density at radius 1 is 0.500 bits per heavy atom. The van der Waals surface area contributed by atoms with Crippen LogP contribution in [-0.2, 0) is 0 Å². The predicted molar refractivity (Wildman–Crippen MR) is 159 cm³/mol. The van der Waals surface area contributed by atoms with E-state index in [1.165, 1.54) is 0 Å². The molecule has 0 amide bonds. The van der Waals surface area contributed by atoms with Crippen molar-refractivity contribution in [2.75, 3.05) is 0 Å². The molecule has 0 saturated heterocycles. The average Bonchev–Trinajstić information content (AvgIpc) is 3.36. The summed E-state index contributed by atoms with van der Waals surface area (Å²) in [4.78, 5) is 28.2. The lowest BCUT2D eigenvalue weighted by atomic mass is 10.0. The molecular formula is C34H20N4O2. The minimum atomic E-state index is -0.368. The van der Waals surface area contributed by atoms with Crippen LogP contribution in [-0.4, -0.2) is 19.5 Å². The Balaban J connectivity index is 1.51. The summed E-state index contributed by atoms with van der Waals surface area (Å²) in [5.74, 6) is 1.62. The van der Waals surface area contributed by atoms with Crippen molar-refractivity contribution in [1.29, 1.82) is 0 Å². The van der Waals surface area contributed by atoms with E-state index >= 15 is 0 Å². The molecule has 0 N–H and O–H groups in total. The van der Waals surface area contributed by atoms with Gasteiger partial charge in [0.1, 0.15) is 5.58 Å². The van der Waals surface area contributed by atoms with Crippen molar-refractivity contribution in [2.24, 2.45) is 0 Å². The van der Waals surface area contributed by atoms with Crippen molar-refractivity contribution in [3.05, 3.63) is 132 Å². The van der Waals surface area contributed by atoms with Crippen LogP contribution in [0.3, 0.4) is 0 Å². The second kappa shape index (κ2) is 8.71. The maximum absolute atomic E-state index is 13.5. The quantitative estimate of drug-likeness (QED) is 0.179. The number of nitrogens with zero attached hydrogens (tertiary/aromatic N) is 4. The monoisotopic (exact) mass is 516 g/mol. The Morgan fingerprint density at radius 2 is 1.10 bits per heavy atom. The number of benzene rings is 5. The minimum Gasteiger partial charge on any atom is -0.422 e. The maximum Gasteiger partial charge on any atom is 0.344 e. The Hall–Kier alpha value is -5.62. The summed E-state index contributed by atoms with van der Waals surface area (Å²) in [5, 5.41) is 4.04. The third kappa shape index (κ3) is 3.36. The molecule has 0 aliphatic rings. The van der Waals surface area contributed by atoms with Crippen LogP contribution in [0, 0.1) is 0 Å². The summed E-state index contributed by atoms with van der Waals surface area (Å²) in [6, 6.07) is 39.4. The Bertz CT molecular complexity index is 2230. The van der Waals surface area contributed by atoms with Crippen LogP contribution in [0.5, 0.6) is 0 Å². The Kier molecular flexibility index (Phi) is 4.87. The summed E-state index contributed by atoms with van der Waals surface area (Å²) in [5.41, 5.74) is 3.69. The molecule has 0 fully saturated rings. The lowest BCUT2D eigenvalue weighted by Crippen LogP contribution is -2.06. The zero-order valence-electron chi connectivity index (χ0n) is 21.2. The third-order valence-electron chi connectivity index (χ3n) is 7.31. The second-order valence-corrected chi connectivity index (χ2v) is 9.64. The molecule has 6 nitrogen and oxygen atoms in total. The first-order valence-corrected chi connectivity index (χ1v) is 13.0. The molecule has 188 valence electrons. The van der Waals surface area contributed by atoms with Gasteiger partial charge in [-0.3, -0.25) is 4.57 Å². The highest BCUT2D eigenvalue weighted by molar-refractivity contribution is 6.24. The van der Waals surface area contributed by atoms with Gasteiger partial charge in [0, 0.05) is 32.7 Å². The number of aromatic nitrogens is 4. The maximum atomic E-state index is 13.5. The largest absolute Gasteiger partial charge is 0.422 e. The molecule has 0 unspecified atom stereocenters. The zero-order chi connectivity index (χ0) is 26.6. The van der Waals surface area contributed by atoms with Crippen molar-refractivity contribution in [2.45, 2.75) is 0 Å². The lowest BCUT2D eigenvalue weighted by Gasteiger charge is -2.11. The lowest BCUT2D eigenvalue weighted by molar-refractivity contribution is 0.570. The number of hydrogen-bond donors (Lipinski definition) is 0. The van der Waals surface area contributed by atoms with Gasteiger partial charge in [0.2, 0.25) is 5.95 Å². The summed E-state index contributed by atoms with van der Waals surface area (Å²) >= 11 is 0. The van der Waals surface area contributed by atoms with E-state index < -0.39 is 0 Å². The molecule has 0 aliphatic heterocycles. The first-order valence-electron chi connectivity index (χ1n) is 13.0. The van der Waals surface area contributed by atoms with E-state index in [1.54, 1.807) is 0 Å². The molecule has 0 atom stereocenters. The van der Waals surface area contributed by atoms with Gasteiger partial charge in [0.15, 0.2) is 11.6 Å². The molecule has 0 bridgehead atoms. The SMILES string of the molecule is O=c1oc2ccccc2c2ccc3c(c4ccccc4n3-c3nc(-c4ccccc4)nc(-c4ccccc4)n3)c12. The van der Waals surface area contributed by atoms with Gasteiger partial charge in [-0.25, -0.2) is 9.78 Å². The number of fused-ring (bicyclic) bond motifs is 7. The van der Waals surface area contributed by atoms with E-state index in [1.807, 2.05) is 126 Å². The van der Waals surface area contributed by atoms with Gasteiger partial charge >= 0.3 is 5.63 Å². The first kappa shape index (κ1) is 22.4. The van der Waals surface area contributed by atoms with Crippen molar-refractivity contribution >= 4 is 43.5 Å². The summed E-state index contributed by atoms with van der Waals surface area (Å²) in [6.07, 6.45) is 0. The smallest absolute Gasteiger partial charge is 0.344 e. The molecule has 5 aromatic carbocycles. The Labute approximate surface area is 227 Å². The molecule has 8 rings (SSSR count). The predicted octanol–water partition coefficient (Wildman–Crippen LogP) is 7.56. The summed E-state index contributed by atoms with van der Waals surface area (Å²) in [6.45, 7) is 0. The van der Waals surface area contributed by atoms with Gasteiger partial charge in [-0.15, -0.1) is 0 Å². The molecular weight excluding hydrogens is 496 g/mol. The van der Waals surface area contributed by atoms with Gasteiger partial charge in [0.05, 0.1) is 16.4 Å². The highest BCUT2D eigenvalue weighted by Gasteiger charge is 2.21. The topological polar surface area (TPSA) is 73.8 Å². The standard InChI is InChI=1S/C34H20N4O2/c39-33-30-24(23-15-8-10-18-28(23)40-33)19-20-27-29(30)25-16-7-9-17-26(25)38(27)34-36-31(21-11-3-1-4-12-21)35-32(37-34)22-13-5-2-6-14-22/h1-20H. The van der Waals surface area contributed by atoms with E-state index in [0.29, 0.717) is 28.6 Å². The molecule has 3 heterocycles. The van der Waals surface area contributed by atoms with E-state index in [2.05, 4.69) is 0 Å². The molecule has 0 spiro atoms. The highest BCUT2D eigenvalue weighted by atomic mass is 16.4. The average molecular weight is 517 g/mol.